The van der Waals surface area contributed by atoms with Crippen LogP contribution in [0.2, 0.25) is 10.0 Å². The second kappa shape index (κ2) is 7.16. The van der Waals surface area contributed by atoms with Gasteiger partial charge in [0.25, 0.3) is 0 Å². The van der Waals surface area contributed by atoms with Gasteiger partial charge in [0.05, 0.1) is 7.11 Å². The van der Waals surface area contributed by atoms with Gasteiger partial charge in [-0.15, -0.1) is 0 Å². The molecule has 1 amide bonds. The molecule has 0 bridgehead atoms. The number of ether oxygens (including phenoxy) is 1. The number of halogens is 2. The molecule has 1 atom stereocenters. The molecule has 4 nitrogen and oxygen atoms in total. The molecule has 0 saturated heterocycles. The molecule has 1 aromatic carbocycles. The van der Waals surface area contributed by atoms with E-state index in [1.807, 2.05) is 0 Å². The third-order valence-electron chi connectivity index (χ3n) is 2.29. The van der Waals surface area contributed by atoms with Crippen molar-refractivity contribution in [1.82, 2.24) is 5.32 Å². The van der Waals surface area contributed by atoms with Crippen molar-refractivity contribution >= 4 is 41.2 Å². The Labute approximate surface area is 121 Å². The van der Waals surface area contributed by atoms with Gasteiger partial charge in [-0.2, -0.15) is 0 Å². The van der Waals surface area contributed by atoms with Crippen molar-refractivity contribution in [1.29, 1.82) is 0 Å². The van der Waals surface area contributed by atoms with E-state index in [2.05, 4.69) is 10.1 Å². The predicted octanol–water partition coefficient (Wildman–Crippen LogP) is 2.68. The molecule has 0 aliphatic carbocycles. The van der Waals surface area contributed by atoms with Crippen LogP contribution in [0.3, 0.4) is 0 Å². The van der Waals surface area contributed by atoms with Crippen molar-refractivity contribution in [2.75, 3.05) is 7.11 Å². The number of esters is 1. The van der Waals surface area contributed by atoms with Crippen LogP contribution in [0.4, 0.5) is 0 Å². The first-order valence-corrected chi connectivity index (χ1v) is 6.21. The highest BCUT2D eigenvalue weighted by molar-refractivity contribution is 6.34. The SMILES string of the molecule is COC(=O)[C@H](C)NC(=O)/C=C/c1cc(Cl)ccc1Cl. The largest absolute Gasteiger partial charge is 0.467 e. The van der Waals surface area contributed by atoms with Gasteiger partial charge in [0.15, 0.2) is 0 Å². The lowest BCUT2D eigenvalue weighted by atomic mass is 10.2. The fraction of sp³-hybridized carbons (Fsp3) is 0.231. The number of methoxy groups -OCH3 is 1. The van der Waals surface area contributed by atoms with E-state index in [-0.39, 0.29) is 0 Å². The van der Waals surface area contributed by atoms with E-state index in [1.54, 1.807) is 18.2 Å². The quantitative estimate of drug-likeness (QED) is 0.687. The van der Waals surface area contributed by atoms with Crippen LogP contribution in [-0.4, -0.2) is 25.0 Å². The molecule has 6 heteroatoms. The summed E-state index contributed by atoms with van der Waals surface area (Å²) >= 11 is 11.8. The number of benzene rings is 1. The van der Waals surface area contributed by atoms with E-state index >= 15 is 0 Å². The van der Waals surface area contributed by atoms with E-state index in [4.69, 9.17) is 23.2 Å². The number of rotatable bonds is 4. The van der Waals surface area contributed by atoms with Crippen LogP contribution in [0.5, 0.6) is 0 Å². The molecule has 0 unspecified atom stereocenters. The van der Waals surface area contributed by atoms with E-state index < -0.39 is 17.9 Å². The second-order valence-corrected chi connectivity index (χ2v) is 4.60. The predicted molar refractivity (Wildman–Crippen MR) is 75.1 cm³/mol. The number of nitrogens with one attached hydrogen (secondary N) is 1. The summed E-state index contributed by atoms with van der Waals surface area (Å²) in [4.78, 5) is 22.7. The summed E-state index contributed by atoms with van der Waals surface area (Å²) in [5.74, 6) is -0.934. The minimum Gasteiger partial charge on any atom is -0.467 e. The van der Waals surface area contributed by atoms with Crippen LogP contribution in [-0.2, 0) is 14.3 Å². The van der Waals surface area contributed by atoms with Crippen LogP contribution in [0.25, 0.3) is 6.08 Å². The fourth-order valence-corrected chi connectivity index (χ4v) is 1.67. The van der Waals surface area contributed by atoms with Gasteiger partial charge in [-0.25, -0.2) is 4.79 Å². The average molecular weight is 302 g/mol. The number of amides is 1. The third kappa shape index (κ3) is 4.93. The molecule has 0 fully saturated rings. The Morgan fingerprint density at radius 2 is 2.05 bits per heavy atom. The zero-order chi connectivity index (χ0) is 14.4. The van der Waals surface area contributed by atoms with Crippen molar-refractivity contribution in [2.45, 2.75) is 13.0 Å². The Morgan fingerprint density at radius 3 is 2.68 bits per heavy atom. The van der Waals surface area contributed by atoms with Gasteiger partial charge < -0.3 is 10.1 Å². The first-order valence-electron chi connectivity index (χ1n) is 5.45. The number of carbonyl (C=O) groups excluding carboxylic acids is 2. The van der Waals surface area contributed by atoms with E-state index in [0.717, 1.165) is 0 Å². The Kier molecular flexibility index (Phi) is 5.86. The molecule has 19 heavy (non-hydrogen) atoms. The Balaban J connectivity index is 2.68. The highest BCUT2D eigenvalue weighted by Crippen LogP contribution is 2.21. The smallest absolute Gasteiger partial charge is 0.328 e. The van der Waals surface area contributed by atoms with Gasteiger partial charge in [-0.05, 0) is 36.8 Å². The lowest BCUT2D eigenvalue weighted by Crippen LogP contribution is -2.38. The second-order valence-electron chi connectivity index (χ2n) is 3.75. The monoisotopic (exact) mass is 301 g/mol. The minimum absolute atomic E-state index is 0.422. The molecular weight excluding hydrogens is 289 g/mol. The molecular formula is C13H13Cl2NO3. The Hall–Kier alpha value is -1.52. The standard InChI is InChI=1S/C13H13Cl2NO3/c1-8(13(18)19-2)16-12(17)6-3-9-7-10(14)4-5-11(9)15/h3-8H,1-2H3,(H,16,17)/b6-3+/t8-/m0/s1. The molecule has 102 valence electrons. The van der Waals surface area contributed by atoms with Crippen molar-refractivity contribution in [3.63, 3.8) is 0 Å². The summed E-state index contributed by atoms with van der Waals surface area (Å²) in [5, 5.41) is 3.46. The number of hydrogen-bond donors (Lipinski definition) is 1. The topological polar surface area (TPSA) is 55.4 Å². The van der Waals surface area contributed by atoms with Crippen LogP contribution < -0.4 is 5.32 Å². The molecule has 0 aliphatic heterocycles. The van der Waals surface area contributed by atoms with Crippen LogP contribution in [0, 0.1) is 0 Å². The first kappa shape index (κ1) is 15.5. The minimum atomic E-state index is -0.711. The lowest BCUT2D eigenvalue weighted by molar-refractivity contribution is -0.144. The van der Waals surface area contributed by atoms with Crippen molar-refractivity contribution in [2.24, 2.45) is 0 Å². The van der Waals surface area contributed by atoms with Crippen LogP contribution in [0.1, 0.15) is 12.5 Å². The molecule has 0 radical (unpaired) electrons. The fourth-order valence-electron chi connectivity index (χ4n) is 1.30. The van der Waals surface area contributed by atoms with E-state index in [0.29, 0.717) is 15.6 Å². The summed E-state index contributed by atoms with van der Waals surface area (Å²) in [5.41, 5.74) is 0.620. The Morgan fingerprint density at radius 1 is 1.37 bits per heavy atom. The summed E-state index contributed by atoms with van der Waals surface area (Å²) in [7, 11) is 1.26. The summed E-state index contributed by atoms with van der Waals surface area (Å²) in [6.45, 7) is 1.53. The van der Waals surface area contributed by atoms with Gasteiger partial charge >= 0.3 is 5.97 Å². The molecule has 0 aromatic heterocycles. The van der Waals surface area contributed by atoms with E-state index in [1.165, 1.54) is 26.2 Å². The zero-order valence-electron chi connectivity index (χ0n) is 10.4. The average Bonchev–Trinajstić information content (AvgIpc) is 2.38. The molecule has 0 saturated carbocycles. The van der Waals surface area contributed by atoms with Crippen molar-refractivity contribution < 1.29 is 14.3 Å². The van der Waals surface area contributed by atoms with E-state index in [9.17, 15) is 9.59 Å². The number of hydrogen-bond acceptors (Lipinski definition) is 3. The maximum Gasteiger partial charge on any atom is 0.328 e. The number of carbonyl (C=O) groups is 2. The third-order valence-corrected chi connectivity index (χ3v) is 2.87. The highest BCUT2D eigenvalue weighted by atomic mass is 35.5. The lowest BCUT2D eigenvalue weighted by Gasteiger charge is -2.09. The van der Waals surface area contributed by atoms with Crippen molar-refractivity contribution in [3.05, 3.63) is 39.9 Å². The molecule has 0 spiro atoms. The van der Waals surface area contributed by atoms with Gasteiger partial charge in [0, 0.05) is 16.1 Å². The zero-order valence-corrected chi connectivity index (χ0v) is 12.0. The highest BCUT2D eigenvalue weighted by Gasteiger charge is 2.13. The maximum absolute atomic E-state index is 11.6. The van der Waals surface area contributed by atoms with Crippen molar-refractivity contribution in [3.8, 4) is 0 Å². The molecule has 0 heterocycles. The molecule has 1 N–H and O–H groups in total. The summed E-state index contributed by atoms with van der Waals surface area (Å²) < 4.78 is 4.49. The van der Waals surface area contributed by atoms with Crippen LogP contribution in [0.15, 0.2) is 24.3 Å². The maximum atomic E-state index is 11.6. The summed E-state index contributed by atoms with van der Waals surface area (Å²) in [6, 6.07) is 4.22. The van der Waals surface area contributed by atoms with Gasteiger partial charge in [0.1, 0.15) is 6.04 Å². The molecule has 0 aliphatic rings. The molecule has 1 rings (SSSR count). The van der Waals surface area contributed by atoms with Crippen LogP contribution >= 0.6 is 23.2 Å². The first-order chi connectivity index (χ1) is 8.93. The molecule has 1 aromatic rings. The van der Waals surface area contributed by atoms with Gasteiger partial charge in [-0.3, -0.25) is 4.79 Å². The van der Waals surface area contributed by atoms with Gasteiger partial charge in [0.2, 0.25) is 5.91 Å². The Bertz CT molecular complexity index is 515. The normalized spacial score (nSPS) is 12.2. The summed E-state index contributed by atoms with van der Waals surface area (Å²) in [6.07, 6.45) is 2.80. The van der Waals surface area contributed by atoms with Gasteiger partial charge in [-0.1, -0.05) is 23.2 Å².